The molecule has 0 bridgehead atoms. The molecule has 3 rings (SSSR count). The molecular formula is C19H23N3O3S. The number of benzene rings is 2. The number of rotatable bonds is 5. The zero-order valence-corrected chi connectivity index (χ0v) is 15.5. The molecule has 0 aliphatic heterocycles. The number of carbonyl (C=O) groups excluding carboxylic acids is 1. The summed E-state index contributed by atoms with van der Waals surface area (Å²) in [6, 6.07) is 13.2. The van der Waals surface area contributed by atoms with E-state index in [0.717, 1.165) is 18.4 Å². The lowest BCUT2D eigenvalue weighted by molar-refractivity contribution is -0.121. The fourth-order valence-corrected chi connectivity index (χ4v) is 4.10. The first-order chi connectivity index (χ1) is 12.3. The maximum atomic E-state index is 12.4. The molecule has 2 aromatic carbocycles. The zero-order valence-electron chi connectivity index (χ0n) is 14.7. The number of hydrogen-bond acceptors (Lipinski definition) is 4. The Bertz CT molecular complexity index is 885. The van der Waals surface area contributed by atoms with Gasteiger partial charge < -0.3 is 11.1 Å². The van der Waals surface area contributed by atoms with Gasteiger partial charge in [-0.1, -0.05) is 30.5 Å². The lowest BCUT2D eigenvalue weighted by Gasteiger charge is -2.22. The van der Waals surface area contributed by atoms with E-state index in [4.69, 9.17) is 5.73 Å². The van der Waals surface area contributed by atoms with Crippen molar-refractivity contribution in [3.05, 3.63) is 54.1 Å². The van der Waals surface area contributed by atoms with Crippen LogP contribution in [-0.4, -0.2) is 19.9 Å². The van der Waals surface area contributed by atoms with Crippen LogP contribution in [0.15, 0.2) is 53.4 Å². The molecule has 0 radical (unpaired) electrons. The Morgan fingerprint density at radius 2 is 1.50 bits per heavy atom. The summed E-state index contributed by atoms with van der Waals surface area (Å²) in [6.07, 6.45) is 3.30. The number of amides is 1. The van der Waals surface area contributed by atoms with Crippen molar-refractivity contribution in [1.29, 1.82) is 0 Å². The number of aryl methyl sites for hydroxylation is 1. The molecule has 2 aromatic rings. The molecule has 6 nitrogen and oxygen atoms in total. The summed E-state index contributed by atoms with van der Waals surface area (Å²) >= 11 is 0. The average Bonchev–Trinajstić information content (AvgIpc) is 3.05. The molecule has 1 aliphatic rings. The lowest BCUT2D eigenvalue weighted by Crippen LogP contribution is -2.48. The van der Waals surface area contributed by atoms with Gasteiger partial charge in [0.05, 0.1) is 10.4 Å². The highest BCUT2D eigenvalue weighted by atomic mass is 32.2. The molecule has 1 aliphatic carbocycles. The highest BCUT2D eigenvalue weighted by Gasteiger charge is 2.36. The van der Waals surface area contributed by atoms with Crippen LogP contribution in [0.2, 0.25) is 0 Å². The van der Waals surface area contributed by atoms with Crippen LogP contribution in [0.1, 0.15) is 31.2 Å². The van der Waals surface area contributed by atoms with Crippen molar-refractivity contribution in [3.8, 4) is 0 Å². The number of sulfonamides is 1. The summed E-state index contributed by atoms with van der Waals surface area (Å²) in [6.45, 7) is 1.90. The molecule has 4 N–H and O–H groups in total. The Balaban J connectivity index is 1.67. The van der Waals surface area contributed by atoms with Crippen LogP contribution < -0.4 is 15.8 Å². The highest BCUT2D eigenvalue weighted by Crippen LogP contribution is 2.28. The largest absolute Gasteiger partial charge is 0.324 e. The lowest BCUT2D eigenvalue weighted by atomic mass is 9.98. The third-order valence-corrected chi connectivity index (χ3v) is 6.07. The minimum atomic E-state index is -3.65. The minimum absolute atomic E-state index is 0.192. The standard InChI is InChI=1S/C19H23N3O3S/c1-14-4-10-17(11-5-14)26(24,25)22-16-8-6-15(7-9-16)21-18(23)19(20)12-2-3-13-19/h4-11,22H,2-3,12-13,20H2,1H3,(H,21,23). The summed E-state index contributed by atoms with van der Waals surface area (Å²) < 4.78 is 27.3. The molecule has 1 fully saturated rings. The summed E-state index contributed by atoms with van der Waals surface area (Å²) in [7, 11) is -3.65. The molecule has 0 unspecified atom stereocenters. The first-order valence-electron chi connectivity index (χ1n) is 8.58. The van der Waals surface area contributed by atoms with Gasteiger partial charge in [-0.05, 0) is 56.2 Å². The SMILES string of the molecule is Cc1ccc(S(=O)(=O)Nc2ccc(NC(=O)C3(N)CCCC3)cc2)cc1. The van der Waals surface area contributed by atoms with Crippen molar-refractivity contribution in [1.82, 2.24) is 0 Å². The first kappa shape index (κ1) is 18.4. The van der Waals surface area contributed by atoms with Gasteiger partial charge in [0.15, 0.2) is 0 Å². The molecule has 0 aromatic heterocycles. The van der Waals surface area contributed by atoms with E-state index < -0.39 is 15.6 Å². The van der Waals surface area contributed by atoms with Gasteiger partial charge in [0.1, 0.15) is 0 Å². The van der Waals surface area contributed by atoms with Gasteiger partial charge >= 0.3 is 0 Å². The fourth-order valence-electron chi connectivity index (χ4n) is 3.04. The third kappa shape index (κ3) is 4.05. The molecule has 0 saturated heterocycles. The summed E-state index contributed by atoms with van der Waals surface area (Å²) in [4.78, 5) is 12.5. The number of carbonyl (C=O) groups is 1. The van der Waals surface area contributed by atoms with E-state index in [1.807, 2.05) is 6.92 Å². The average molecular weight is 373 g/mol. The predicted molar refractivity (Wildman–Crippen MR) is 102 cm³/mol. The Morgan fingerprint density at radius 3 is 2.08 bits per heavy atom. The van der Waals surface area contributed by atoms with Gasteiger partial charge in [-0.15, -0.1) is 0 Å². The molecule has 138 valence electrons. The van der Waals surface area contributed by atoms with Gasteiger partial charge in [0.2, 0.25) is 5.91 Å². The Labute approximate surface area is 153 Å². The monoisotopic (exact) mass is 373 g/mol. The van der Waals surface area contributed by atoms with Crippen molar-refractivity contribution in [2.45, 2.75) is 43.0 Å². The zero-order chi connectivity index (χ0) is 18.8. The van der Waals surface area contributed by atoms with E-state index in [1.54, 1.807) is 48.5 Å². The van der Waals surface area contributed by atoms with Gasteiger partial charge in [-0.2, -0.15) is 0 Å². The van der Waals surface area contributed by atoms with Crippen molar-refractivity contribution in [3.63, 3.8) is 0 Å². The number of anilines is 2. The topological polar surface area (TPSA) is 101 Å². The summed E-state index contributed by atoms with van der Waals surface area (Å²) in [5, 5.41) is 2.81. The van der Waals surface area contributed by atoms with Crippen LogP contribution in [0.25, 0.3) is 0 Å². The van der Waals surface area contributed by atoms with Crippen molar-refractivity contribution in [2.24, 2.45) is 5.73 Å². The van der Waals surface area contributed by atoms with E-state index in [1.165, 1.54) is 0 Å². The molecule has 0 atom stereocenters. The molecule has 7 heteroatoms. The quantitative estimate of drug-likeness (QED) is 0.750. The second-order valence-electron chi connectivity index (χ2n) is 6.81. The van der Waals surface area contributed by atoms with Gasteiger partial charge in [-0.3, -0.25) is 9.52 Å². The van der Waals surface area contributed by atoms with E-state index >= 15 is 0 Å². The van der Waals surface area contributed by atoms with Crippen LogP contribution in [0.5, 0.6) is 0 Å². The highest BCUT2D eigenvalue weighted by molar-refractivity contribution is 7.92. The second kappa shape index (κ2) is 7.09. The van der Waals surface area contributed by atoms with Crippen molar-refractivity contribution >= 4 is 27.3 Å². The molecule has 0 spiro atoms. The van der Waals surface area contributed by atoms with E-state index in [9.17, 15) is 13.2 Å². The number of nitrogens with two attached hydrogens (primary N) is 1. The van der Waals surface area contributed by atoms with Crippen LogP contribution in [0.4, 0.5) is 11.4 Å². The Kier molecular flexibility index (Phi) is 5.02. The number of hydrogen-bond donors (Lipinski definition) is 3. The normalized spacial score (nSPS) is 16.2. The maximum Gasteiger partial charge on any atom is 0.261 e. The summed E-state index contributed by atoms with van der Waals surface area (Å²) in [5.41, 5.74) is 7.34. The molecule has 26 heavy (non-hydrogen) atoms. The first-order valence-corrected chi connectivity index (χ1v) is 10.1. The van der Waals surface area contributed by atoms with Gasteiger partial charge in [0.25, 0.3) is 10.0 Å². The van der Waals surface area contributed by atoms with Crippen molar-refractivity contribution < 1.29 is 13.2 Å². The molecule has 1 saturated carbocycles. The molecule has 1 amide bonds. The van der Waals surface area contributed by atoms with Crippen LogP contribution in [0, 0.1) is 6.92 Å². The van der Waals surface area contributed by atoms with Gasteiger partial charge in [0, 0.05) is 11.4 Å². The van der Waals surface area contributed by atoms with Gasteiger partial charge in [-0.25, -0.2) is 8.42 Å². The van der Waals surface area contributed by atoms with Crippen LogP contribution >= 0.6 is 0 Å². The maximum absolute atomic E-state index is 12.4. The minimum Gasteiger partial charge on any atom is -0.324 e. The molecular weight excluding hydrogens is 350 g/mol. The summed E-state index contributed by atoms with van der Waals surface area (Å²) in [5.74, 6) is -0.192. The van der Waals surface area contributed by atoms with Crippen molar-refractivity contribution in [2.75, 3.05) is 10.0 Å². The van der Waals surface area contributed by atoms with Crippen LogP contribution in [0.3, 0.4) is 0 Å². The predicted octanol–water partition coefficient (Wildman–Crippen LogP) is 3.01. The van der Waals surface area contributed by atoms with Crippen LogP contribution in [-0.2, 0) is 14.8 Å². The Morgan fingerprint density at radius 1 is 0.962 bits per heavy atom. The Hall–Kier alpha value is -2.38. The molecule has 0 heterocycles. The fraction of sp³-hybridized carbons (Fsp3) is 0.316. The second-order valence-corrected chi connectivity index (χ2v) is 8.50. The van der Waals surface area contributed by atoms with E-state index in [0.29, 0.717) is 24.2 Å². The smallest absolute Gasteiger partial charge is 0.261 e. The van der Waals surface area contributed by atoms with E-state index in [-0.39, 0.29) is 10.8 Å². The number of nitrogens with one attached hydrogen (secondary N) is 2. The third-order valence-electron chi connectivity index (χ3n) is 4.67. The van der Waals surface area contributed by atoms with E-state index in [2.05, 4.69) is 10.0 Å².